The number of hydrogen-bond donors (Lipinski definition) is 3. The molecule has 0 aromatic rings. The van der Waals surface area contributed by atoms with E-state index in [2.05, 4.69) is 10.6 Å². The van der Waals surface area contributed by atoms with Crippen LogP contribution in [0.2, 0.25) is 0 Å². The van der Waals surface area contributed by atoms with Crippen molar-refractivity contribution in [3.8, 4) is 0 Å². The molecule has 1 aliphatic rings. The van der Waals surface area contributed by atoms with Gasteiger partial charge in [-0.1, -0.05) is 25.0 Å². The van der Waals surface area contributed by atoms with Gasteiger partial charge in [0.1, 0.15) is 0 Å². The largest absolute Gasteiger partial charge is 0.481 e. The van der Waals surface area contributed by atoms with Crippen molar-refractivity contribution in [1.29, 1.82) is 0 Å². The highest BCUT2D eigenvalue weighted by Crippen LogP contribution is 2.29. The minimum absolute atomic E-state index is 0.0625. The molecule has 0 heterocycles. The Morgan fingerprint density at radius 3 is 2.68 bits per heavy atom. The Balaban J connectivity index is 2.25. The van der Waals surface area contributed by atoms with E-state index in [0.29, 0.717) is 13.1 Å². The standard InChI is InChI=1S/C14H24N2O3/c1-2-3-6-9-15-14(19)16-10-11-7-4-5-8-12(11)13(17)18/h2-3,11-12H,4-10H2,1H3,(H,17,18)(H2,15,16,19)/b3-2+. The van der Waals surface area contributed by atoms with E-state index in [1.54, 1.807) is 0 Å². The molecule has 1 aliphatic carbocycles. The van der Waals surface area contributed by atoms with Crippen molar-refractivity contribution in [2.24, 2.45) is 11.8 Å². The van der Waals surface area contributed by atoms with Crippen LogP contribution < -0.4 is 10.6 Å². The molecule has 5 heteroatoms. The average molecular weight is 268 g/mol. The van der Waals surface area contributed by atoms with Crippen molar-refractivity contribution in [3.05, 3.63) is 12.2 Å². The molecule has 1 saturated carbocycles. The van der Waals surface area contributed by atoms with Gasteiger partial charge < -0.3 is 15.7 Å². The number of hydrogen-bond acceptors (Lipinski definition) is 2. The molecule has 0 aromatic heterocycles. The van der Waals surface area contributed by atoms with Gasteiger partial charge in [0.2, 0.25) is 0 Å². The van der Waals surface area contributed by atoms with Crippen LogP contribution in [0.4, 0.5) is 4.79 Å². The molecule has 2 amide bonds. The highest BCUT2D eigenvalue weighted by Gasteiger charge is 2.30. The summed E-state index contributed by atoms with van der Waals surface area (Å²) in [6.45, 7) is 2.99. The van der Waals surface area contributed by atoms with Crippen molar-refractivity contribution in [2.45, 2.75) is 39.0 Å². The first kappa shape index (κ1) is 15.5. The average Bonchev–Trinajstić information content (AvgIpc) is 2.41. The van der Waals surface area contributed by atoms with Gasteiger partial charge >= 0.3 is 12.0 Å². The monoisotopic (exact) mass is 268 g/mol. The Hall–Kier alpha value is -1.52. The van der Waals surface area contributed by atoms with Gasteiger partial charge in [0.05, 0.1) is 5.92 Å². The summed E-state index contributed by atoms with van der Waals surface area (Å²) in [7, 11) is 0. The zero-order chi connectivity index (χ0) is 14.1. The molecule has 5 nitrogen and oxygen atoms in total. The number of carbonyl (C=O) groups is 2. The molecule has 19 heavy (non-hydrogen) atoms. The van der Waals surface area contributed by atoms with Gasteiger partial charge in [-0.05, 0) is 32.1 Å². The summed E-state index contributed by atoms with van der Waals surface area (Å²) in [6.07, 6.45) is 8.38. The number of amides is 2. The van der Waals surface area contributed by atoms with Crippen LogP contribution in [0.25, 0.3) is 0 Å². The third-order valence-electron chi connectivity index (χ3n) is 3.58. The van der Waals surface area contributed by atoms with Crippen LogP contribution >= 0.6 is 0 Å². The van der Waals surface area contributed by atoms with Crippen molar-refractivity contribution in [3.63, 3.8) is 0 Å². The molecule has 0 spiro atoms. The molecular formula is C14H24N2O3. The van der Waals surface area contributed by atoms with E-state index < -0.39 is 5.97 Å². The third-order valence-corrected chi connectivity index (χ3v) is 3.58. The molecule has 0 aromatic carbocycles. The zero-order valence-corrected chi connectivity index (χ0v) is 11.5. The van der Waals surface area contributed by atoms with Crippen molar-refractivity contribution in [2.75, 3.05) is 13.1 Å². The van der Waals surface area contributed by atoms with Gasteiger partial charge in [-0.25, -0.2) is 4.79 Å². The quantitative estimate of drug-likeness (QED) is 0.510. The normalized spacial score (nSPS) is 23.2. The summed E-state index contributed by atoms with van der Waals surface area (Å²) < 4.78 is 0. The van der Waals surface area contributed by atoms with Crippen molar-refractivity contribution in [1.82, 2.24) is 10.6 Å². The van der Waals surface area contributed by atoms with E-state index in [1.165, 1.54) is 0 Å². The van der Waals surface area contributed by atoms with Crippen LogP contribution in [0.3, 0.4) is 0 Å². The van der Waals surface area contributed by atoms with Gasteiger partial charge in [-0.15, -0.1) is 0 Å². The zero-order valence-electron chi connectivity index (χ0n) is 11.5. The summed E-state index contributed by atoms with van der Waals surface area (Å²) in [5.41, 5.74) is 0. The maximum Gasteiger partial charge on any atom is 0.314 e. The number of nitrogens with one attached hydrogen (secondary N) is 2. The fraction of sp³-hybridized carbons (Fsp3) is 0.714. The first-order chi connectivity index (χ1) is 9.15. The predicted molar refractivity (Wildman–Crippen MR) is 73.9 cm³/mol. The summed E-state index contributed by atoms with van der Waals surface area (Å²) in [5.74, 6) is -0.982. The lowest BCUT2D eigenvalue weighted by atomic mass is 9.79. The third kappa shape index (κ3) is 5.77. The summed E-state index contributed by atoms with van der Waals surface area (Å²) in [5, 5.41) is 14.7. The van der Waals surface area contributed by atoms with Crippen LogP contribution in [0, 0.1) is 11.8 Å². The Kier molecular flexibility index (Phi) is 7.00. The van der Waals surface area contributed by atoms with Crippen molar-refractivity contribution >= 4 is 12.0 Å². The lowest BCUT2D eigenvalue weighted by Crippen LogP contribution is -2.42. The van der Waals surface area contributed by atoms with Gasteiger partial charge in [0, 0.05) is 13.1 Å². The molecule has 2 unspecified atom stereocenters. The van der Waals surface area contributed by atoms with Gasteiger partial charge in [-0.3, -0.25) is 4.79 Å². The molecule has 0 radical (unpaired) electrons. The topological polar surface area (TPSA) is 78.4 Å². The molecule has 108 valence electrons. The van der Waals surface area contributed by atoms with Gasteiger partial charge in [0.15, 0.2) is 0 Å². The number of carboxylic acids is 1. The van der Waals surface area contributed by atoms with Crippen LogP contribution in [0.5, 0.6) is 0 Å². The van der Waals surface area contributed by atoms with E-state index in [0.717, 1.165) is 32.1 Å². The van der Waals surface area contributed by atoms with Crippen LogP contribution in [0.15, 0.2) is 12.2 Å². The predicted octanol–water partition coefficient (Wildman–Crippen LogP) is 2.14. The minimum Gasteiger partial charge on any atom is -0.481 e. The lowest BCUT2D eigenvalue weighted by Gasteiger charge is -2.28. The minimum atomic E-state index is -0.736. The van der Waals surface area contributed by atoms with E-state index in [9.17, 15) is 9.59 Å². The maximum absolute atomic E-state index is 11.5. The SMILES string of the molecule is C/C=C/CCNC(=O)NCC1CCCCC1C(=O)O. The van der Waals surface area contributed by atoms with E-state index in [1.807, 2.05) is 19.1 Å². The van der Waals surface area contributed by atoms with E-state index >= 15 is 0 Å². The summed E-state index contributed by atoms with van der Waals surface area (Å²) in [6, 6.07) is -0.209. The van der Waals surface area contributed by atoms with Crippen molar-refractivity contribution < 1.29 is 14.7 Å². The number of carboxylic acid groups (broad SMARTS) is 1. The molecule has 0 bridgehead atoms. The second-order valence-corrected chi connectivity index (χ2v) is 4.98. The molecule has 2 atom stereocenters. The number of urea groups is 1. The number of carbonyl (C=O) groups excluding carboxylic acids is 1. The molecule has 0 aliphatic heterocycles. The molecular weight excluding hydrogens is 244 g/mol. The number of allylic oxidation sites excluding steroid dienone is 1. The van der Waals surface area contributed by atoms with Gasteiger partial charge in [0.25, 0.3) is 0 Å². The van der Waals surface area contributed by atoms with Gasteiger partial charge in [-0.2, -0.15) is 0 Å². The number of rotatable bonds is 6. The molecule has 1 fully saturated rings. The lowest BCUT2D eigenvalue weighted by molar-refractivity contribution is -0.144. The van der Waals surface area contributed by atoms with Crippen LogP contribution in [-0.2, 0) is 4.79 Å². The Labute approximate surface area is 114 Å². The Morgan fingerprint density at radius 2 is 2.00 bits per heavy atom. The highest BCUT2D eigenvalue weighted by atomic mass is 16.4. The molecule has 1 rings (SSSR count). The molecule has 3 N–H and O–H groups in total. The Morgan fingerprint density at radius 1 is 1.26 bits per heavy atom. The smallest absolute Gasteiger partial charge is 0.314 e. The Bertz CT molecular complexity index is 329. The number of aliphatic carboxylic acids is 1. The summed E-state index contributed by atoms with van der Waals surface area (Å²) in [4.78, 5) is 22.6. The first-order valence-corrected chi connectivity index (χ1v) is 7.00. The second kappa shape index (κ2) is 8.56. The maximum atomic E-state index is 11.5. The summed E-state index contributed by atoms with van der Waals surface area (Å²) >= 11 is 0. The first-order valence-electron chi connectivity index (χ1n) is 7.00. The highest BCUT2D eigenvalue weighted by molar-refractivity contribution is 5.74. The van der Waals surface area contributed by atoms with Crippen LogP contribution in [-0.4, -0.2) is 30.2 Å². The van der Waals surface area contributed by atoms with Crippen LogP contribution in [0.1, 0.15) is 39.0 Å². The molecule has 0 saturated heterocycles. The fourth-order valence-electron chi connectivity index (χ4n) is 2.50. The second-order valence-electron chi connectivity index (χ2n) is 4.98. The fourth-order valence-corrected chi connectivity index (χ4v) is 2.50. The van der Waals surface area contributed by atoms with E-state index in [-0.39, 0.29) is 17.9 Å². The van der Waals surface area contributed by atoms with E-state index in [4.69, 9.17) is 5.11 Å².